The van der Waals surface area contributed by atoms with Crippen molar-refractivity contribution in [3.8, 4) is 5.75 Å². The molecule has 0 atom stereocenters. The third kappa shape index (κ3) is 4.10. The average molecular weight is 297 g/mol. The number of para-hydroxylation sites is 1. The van der Waals surface area contributed by atoms with Gasteiger partial charge in [0.25, 0.3) is 5.91 Å². The summed E-state index contributed by atoms with van der Waals surface area (Å²) < 4.78 is 5.33. The number of rotatable bonds is 6. The maximum atomic E-state index is 12.2. The van der Waals surface area contributed by atoms with Crippen LogP contribution >= 0.6 is 0 Å². The van der Waals surface area contributed by atoms with Crippen LogP contribution in [0.1, 0.15) is 33.5 Å². The summed E-state index contributed by atoms with van der Waals surface area (Å²) in [5.41, 5.74) is 4.11. The molecule has 0 aliphatic heterocycles. The number of carbonyl (C=O) groups excluding carboxylic acids is 1. The second kappa shape index (κ2) is 7.64. The fraction of sp³-hybridized carbons (Fsp3) is 0.316. The van der Waals surface area contributed by atoms with Crippen LogP contribution < -0.4 is 10.1 Å². The summed E-state index contributed by atoms with van der Waals surface area (Å²) in [6.45, 7) is 4.66. The van der Waals surface area contributed by atoms with E-state index in [-0.39, 0.29) is 5.91 Å². The van der Waals surface area contributed by atoms with Gasteiger partial charge >= 0.3 is 0 Å². The van der Waals surface area contributed by atoms with Gasteiger partial charge in [-0.1, -0.05) is 35.9 Å². The SMILES string of the molecule is COc1ccccc1CCCNC(=O)c1ccc(C)cc1C. The van der Waals surface area contributed by atoms with Crippen LogP contribution in [0.5, 0.6) is 5.75 Å². The van der Waals surface area contributed by atoms with Gasteiger partial charge in [-0.25, -0.2) is 0 Å². The van der Waals surface area contributed by atoms with Crippen molar-refractivity contribution in [1.29, 1.82) is 0 Å². The highest BCUT2D eigenvalue weighted by Crippen LogP contribution is 2.18. The summed E-state index contributed by atoms with van der Waals surface area (Å²) in [5.74, 6) is 0.903. The fourth-order valence-electron chi connectivity index (χ4n) is 2.55. The molecule has 2 aromatic rings. The molecule has 0 aliphatic rings. The minimum atomic E-state index is -0.00229. The Morgan fingerprint density at radius 2 is 1.91 bits per heavy atom. The quantitative estimate of drug-likeness (QED) is 0.826. The minimum absolute atomic E-state index is 0.00229. The molecule has 22 heavy (non-hydrogen) atoms. The number of amides is 1. The zero-order valence-corrected chi connectivity index (χ0v) is 13.5. The lowest BCUT2D eigenvalue weighted by atomic mass is 10.0. The lowest BCUT2D eigenvalue weighted by molar-refractivity contribution is 0.0952. The topological polar surface area (TPSA) is 38.3 Å². The molecule has 1 amide bonds. The average Bonchev–Trinajstić information content (AvgIpc) is 2.51. The van der Waals surface area contributed by atoms with Gasteiger partial charge in [0.15, 0.2) is 0 Å². The lowest BCUT2D eigenvalue weighted by Crippen LogP contribution is -2.25. The number of hydrogen-bond donors (Lipinski definition) is 1. The smallest absolute Gasteiger partial charge is 0.251 e. The molecule has 0 spiro atoms. The molecule has 116 valence electrons. The zero-order valence-electron chi connectivity index (χ0n) is 13.5. The highest BCUT2D eigenvalue weighted by Gasteiger charge is 2.08. The highest BCUT2D eigenvalue weighted by atomic mass is 16.5. The normalized spacial score (nSPS) is 10.3. The van der Waals surface area contributed by atoms with Crippen molar-refractivity contribution >= 4 is 5.91 Å². The van der Waals surface area contributed by atoms with Crippen LogP contribution in [0.25, 0.3) is 0 Å². The predicted octanol–water partition coefficient (Wildman–Crippen LogP) is 3.67. The monoisotopic (exact) mass is 297 g/mol. The van der Waals surface area contributed by atoms with E-state index in [1.54, 1.807) is 7.11 Å². The summed E-state index contributed by atoms with van der Waals surface area (Å²) in [5, 5.41) is 2.99. The van der Waals surface area contributed by atoms with Crippen LogP contribution in [0.3, 0.4) is 0 Å². The van der Waals surface area contributed by atoms with E-state index in [0.717, 1.165) is 29.7 Å². The summed E-state index contributed by atoms with van der Waals surface area (Å²) >= 11 is 0. The van der Waals surface area contributed by atoms with Crippen molar-refractivity contribution in [2.75, 3.05) is 13.7 Å². The summed E-state index contributed by atoms with van der Waals surface area (Å²) in [4.78, 5) is 12.2. The molecular formula is C19H23NO2. The third-order valence-corrected chi connectivity index (χ3v) is 3.73. The number of methoxy groups -OCH3 is 1. The Bertz CT molecular complexity index is 650. The van der Waals surface area contributed by atoms with Crippen molar-refractivity contribution in [1.82, 2.24) is 5.32 Å². The van der Waals surface area contributed by atoms with E-state index in [2.05, 4.69) is 11.4 Å². The Labute approximate surface area is 132 Å². The Hall–Kier alpha value is -2.29. The molecule has 2 rings (SSSR count). The van der Waals surface area contributed by atoms with E-state index in [4.69, 9.17) is 4.74 Å². The van der Waals surface area contributed by atoms with Crippen LogP contribution in [0, 0.1) is 13.8 Å². The number of hydrogen-bond acceptors (Lipinski definition) is 2. The van der Waals surface area contributed by atoms with Crippen LogP contribution in [0.4, 0.5) is 0 Å². The molecule has 0 heterocycles. The maximum Gasteiger partial charge on any atom is 0.251 e. The van der Waals surface area contributed by atoms with Crippen LogP contribution in [-0.2, 0) is 6.42 Å². The molecule has 0 aliphatic carbocycles. The van der Waals surface area contributed by atoms with Crippen molar-refractivity contribution in [2.45, 2.75) is 26.7 Å². The molecule has 0 saturated carbocycles. The third-order valence-electron chi connectivity index (χ3n) is 3.73. The molecule has 0 fully saturated rings. The molecule has 0 radical (unpaired) electrons. The summed E-state index contributed by atoms with van der Waals surface area (Å²) in [7, 11) is 1.68. The second-order valence-electron chi connectivity index (χ2n) is 5.49. The molecule has 0 saturated heterocycles. The van der Waals surface area contributed by atoms with Crippen LogP contribution in [-0.4, -0.2) is 19.6 Å². The Balaban J connectivity index is 1.85. The van der Waals surface area contributed by atoms with E-state index < -0.39 is 0 Å². The van der Waals surface area contributed by atoms with E-state index in [9.17, 15) is 4.79 Å². The van der Waals surface area contributed by atoms with Gasteiger partial charge in [0.1, 0.15) is 5.75 Å². The standard InChI is InChI=1S/C19H23NO2/c1-14-10-11-17(15(2)13-14)19(21)20-12-6-8-16-7-4-5-9-18(16)22-3/h4-5,7,9-11,13H,6,8,12H2,1-3H3,(H,20,21). The first-order chi connectivity index (χ1) is 10.6. The lowest BCUT2D eigenvalue weighted by Gasteiger charge is -2.10. The van der Waals surface area contributed by atoms with Gasteiger partial charge in [0.05, 0.1) is 7.11 Å². The molecule has 0 unspecified atom stereocenters. The first-order valence-electron chi connectivity index (χ1n) is 7.59. The van der Waals surface area contributed by atoms with Crippen LogP contribution in [0.15, 0.2) is 42.5 Å². The fourth-order valence-corrected chi connectivity index (χ4v) is 2.55. The van der Waals surface area contributed by atoms with Crippen molar-refractivity contribution < 1.29 is 9.53 Å². The number of aryl methyl sites for hydroxylation is 3. The van der Waals surface area contributed by atoms with Gasteiger partial charge in [-0.05, 0) is 49.9 Å². The number of ether oxygens (including phenoxy) is 1. The summed E-state index contributed by atoms with van der Waals surface area (Å²) in [6.07, 6.45) is 1.77. The second-order valence-corrected chi connectivity index (χ2v) is 5.49. The maximum absolute atomic E-state index is 12.2. The Morgan fingerprint density at radius 1 is 1.14 bits per heavy atom. The van der Waals surface area contributed by atoms with Gasteiger partial charge in [0.2, 0.25) is 0 Å². The number of benzene rings is 2. The molecule has 1 N–H and O–H groups in total. The molecule has 3 heteroatoms. The molecule has 0 bridgehead atoms. The van der Waals surface area contributed by atoms with Gasteiger partial charge in [-0.2, -0.15) is 0 Å². The van der Waals surface area contributed by atoms with Crippen molar-refractivity contribution in [3.05, 3.63) is 64.7 Å². The summed E-state index contributed by atoms with van der Waals surface area (Å²) in [6, 6.07) is 13.9. The molecule has 2 aromatic carbocycles. The van der Waals surface area contributed by atoms with Gasteiger partial charge in [-0.15, -0.1) is 0 Å². The van der Waals surface area contributed by atoms with E-state index in [0.29, 0.717) is 6.54 Å². The highest BCUT2D eigenvalue weighted by molar-refractivity contribution is 5.95. The minimum Gasteiger partial charge on any atom is -0.496 e. The van der Waals surface area contributed by atoms with Gasteiger partial charge in [0, 0.05) is 12.1 Å². The van der Waals surface area contributed by atoms with E-state index in [1.807, 2.05) is 50.2 Å². The van der Waals surface area contributed by atoms with Crippen molar-refractivity contribution in [2.24, 2.45) is 0 Å². The molecule has 3 nitrogen and oxygen atoms in total. The first kappa shape index (κ1) is 16.1. The van der Waals surface area contributed by atoms with Gasteiger partial charge in [-0.3, -0.25) is 4.79 Å². The number of carbonyl (C=O) groups is 1. The van der Waals surface area contributed by atoms with E-state index >= 15 is 0 Å². The Morgan fingerprint density at radius 3 is 2.64 bits per heavy atom. The molecule has 0 aromatic heterocycles. The number of nitrogens with one attached hydrogen (secondary N) is 1. The predicted molar refractivity (Wildman–Crippen MR) is 89.6 cm³/mol. The zero-order chi connectivity index (χ0) is 15.9. The van der Waals surface area contributed by atoms with Crippen molar-refractivity contribution in [3.63, 3.8) is 0 Å². The Kier molecular flexibility index (Phi) is 5.59. The molecular weight excluding hydrogens is 274 g/mol. The first-order valence-corrected chi connectivity index (χ1v) is 7.59. The largest absolute Gasteiger partial charge is 0.496 e. The van der Waals surface area contributed by atoms with Crippen LogP contribution in [0.2, 0.25) is 0 Å². The van der Waals surface area contributed by atoms with E-state index in [1.165, 1.54) is 11.1 Å². The van der Waals surface area contributed by atoms with Gasteiger partial charge < -0.3 is 10.1 Å².